The standard InChI is InChI=1S/C25H23NO5S2/c1-29-22-13-14-23-24(17-22)32-25(26-23)20-9-5-18(6-10-20)3-4-19-7-11-21(12-8-19)30-15-16-31-33(2,27)28/h3-14,17H,15-16H2,1-2H3/b4-3+. The van der Waals surface area contributed by atoms with Gasteiger partial charge in [0.15, 0.2) is 0 Å². The van der Waals surface area contributed by atoms with Gasteiger partial charge in [-0.1, -0.05) is 48.6 Å². The van der Waals surface area contributed by atoms with Crippen LogP contribution in [0.25, 0.3) is 32.9 Å². The van der Waals surface area contributed by atoms with E-state index in [4.69, 9.17) is 14.5 Å². The lowest BCUT2D eigenvalue weighted by Crippen LogP contribution is -2.11. The lowest BCUT2D eigenvalue weighted by atomic mass is 10.1. The summed E-state index contributed by atoms with van der Waals surface area (Å²) in [4.78, 5) is 4.72. The smallest absolute Gasteiger partial charge is 0.264 e. The van der Waals surface area contributed by atoms with E-state index in [2.05, 4.69) is 28.4 Å². The zero-order valence-corrected chi connectivity index (χ0v) is 19.9. The predicted octanol–water partition coefficient (Wildman–Crippen LogP) is 5.50. The van der Waals surface area contributed by atoms with Crippen LogP contribution < -0.4 is 9.47 Å². The van der Waals surface area contributed by atoms with Gasteiger partial charge in [0.05, 0.1) is 23.6 Å². The molecule has 1 aromatic heterocycles. The van der Waals surface area contributed by atoms with Crippen LogP contribution in [0.5, 0.6) is 11.5 Å². The highest BCUT2D eigenvalue weighted by atomic mass is 32.2. The molecule has 1 heterocycles. The van der Waals surface area contributed by atoms with E-state index in [0.717, 1.165) is 43.9 Å². The van der Waals surface area contributed by atoms with E-state index in [0.29, 0.717) is 5.75 Å². The molecular formula is C25H23NO5S2. The molecule has 0 radical (unpaired) electrons. The van der Waals surface area contributed by atoms with Crippen molar-refractivity contribution in [2.24, 2.45) is 0 Å². The van der Waals surface area contributed by atoms with Gasteiger partial charge >= 0.3 is 0 Å². The second-order valence-electron chi connectivity index (χ2n) is 7.25. The SMILES string of the molecule is COc1ccc2nc(-c3ccc(/C=C/c4ccc(OCCOS(C)(=O)=O)cc4)cc3)sc2c1. The van der Waals surface area contributed by atoms with Crippen molar-refractivity contribution < 1.29 is 22.1 Å². The number of aromatic nitrogens is 1. The zero-order chi connectivity index (χ0) is 23.3. The summed E-state index contributed by atoms with van der Waals surface area (Å²) in [6.45, 7) is 0.151. The van der Waals surface area contributed by atoms with E-state index in [1.54, 1.807) is 18.4 Å². The largest absolute Gasteiger partial charge is 0.497 e. The first-order valence-electron chi connectivity index (χ1n) is 10.2. The van der Waals surface area contributed by atoms with E-state index in [1.807, 2.05) is 54.6 Å². The number of hydrogen-bond acceptors (Lipinski definition) is 7. The summed E-state index contributed by atoms with van der Waals surface area (Å²) >= 11 is 1.65. The Bertz CT molecular complexity index is 1360. The van der Waals surface area contributed by atoms with Crippen LogP contribution in [0.1, 0.15) is 11.1 Å². The van der Waals surface area contributed by atoms with E-state index < -0.39 is 10.1 Å². The molecule has 0 N–H and O–H groups in total. The highest BCUT2D eigenvalue weighted by Crippen LogP contribution is 2.32. The van der Waals surface area contributed by atoms with Gasteiger partial charge in [-0.2, -0.15) is 8.42 Å². The van der Waals surface area contributed by atoms with Crippen molar-refractivity contribution in [2.45, 2.75) is 0 Å². The Hall–Kier alpha value is -3.20. The number of benzene rings is 3. The zero-order valence-electron chi connectivity index (χ0n) is 18.2. The summed E-state index contributed by atoms with van der Waals surface area (Å²) in [6, 6.07) is 21.7. The molecule has 0 aliphatic heterocycles. The van der Waals surface area contributed by atoms with Crippen molar-refractivity contribution >= 4 is 43.8 Å². The summed E-state index contributed by atoms with van der Waals surface area (Å²) < 4.78 is 38.4. The number of thiazole rings is 1. The van der Waals surface area contributed by atoms with E-state index in [9.17, 15) is 8.42 Å². The lowest BCUT2D eigenvalue weighted by Gasteiger charge is -2.06. The Morgan fingerprint density at radius 3 is 2.15 bits per heavy atom. The second-order valence-corrected chi connectivity index (χ2v) is 9.93. The number of rotatable bonds is 9. The summed E-state index contributed by atoms with van der Waals surface area (Å²) in [6.07, 6.45) is 5.08. The molecule has 170 valence electrons. The number of nitrogens with zero attached hydrogens (tertiary/aromatic N) is 1. The first-order chi connectivity index (χ1) is 15.9. The lowest BCUT2D eigenvalue weighted by molar-refractivity contribution is 0.222. The van der Waals surface area contributed by atoms with Crippen molar-refractivity contribution in [1.82, 2.24) is 4.98 Å². The maximum absolute atomic E-state index is 10.9. The first-order valence-corrected chi connectivity index (χ1v) is 12.8. The Balaban J connectivity index is 1.36. The monoisotopic (exact) mass is 481 g/mol. The van der Waals surface area contributed by atoms with Gasteiger partial charge in [0, 0.05) is 5.56 Å². The molecule has 0 atom stereocenters. The fourth-order valence-electron chi connectivity index (χ4n) is 3.10. The first kappa shape index (κ1) is 23.0. The minimum Gasteiger partial charge on any atom is -0.497 e. The average Bonchev–Trinajstić information content (AvgIpc) is 3.24. The topological polar surface area (TPSA) is 74.7 Å². The van der Waals surface area contributed by atoms with Gasteiger partial charge in [-0.05, 0) is 41.5 Å². The summed E-state index contributed by atoms with van der Waals surface area (Å²) in [5.41, 5.74) is 4.16. The number of hydrogen-bond donors (Lipinski definition) is 0. The molecule has 33 heavy (non-hydrogen) atoms. The van der Waals surface area contributed by atoms with Crippen molar-refractivity contribution in [3.8, 4) is 22.1 Å². The maximum Gasteiger partial charge on any atom is 0.264 e. The molecule has 0 aliphatic carbocycles. The molecule has 0 bridgehead atoms. The van der Waals surface area contributed by atoms with Crippen molar-refractivity contribution in [2.75, 3.05) is 26.6 Å². The van der Waals surface area contributed by atoms with Crippen LogP contribution in [-0.4, -0.2) is 40.0 Å². The molecule has 0 unspecified atom stereocenters. The molecule has 3 aromatic carbocycles. The van der Waals surface area contributed by atoms with Gasteiger partial charge in [-0.3, -0.25) is 4.18 Å². The highest BCUT2D eigenvalue weighted by molar-refractivity contribution is 7.85. The second kappa shape index (κ2) is 10.2. The third kappa shape index (κ3) is 6.41. The minimum absolute atomic E-state index is 0.0122. The molecule has 4 rings (SSSR count). The third-order valence-electron chi connectivity index (χ3n) is 4.75. The quantitative estimate of drug-likeness (QED) is 0.179. The predicted molar refractivity (Wildman–Crippen MR) is 133 cm³/mol. The summed E-state index contributed by atoms with van der Waals surface area (Å²) in [5.74, 6) is 1.49. The van der Waals surface area contributed by atoms with Crippen molar-refractivity contribution in [1.29, 1.82) is 0 Å². The van der Waals surface area contributed by atoms with Gasteiger partial charge in [0.2, 0.25) is 0 Å². The average molecular weight is 482 g/mol. The van der Waals surface area contributed by atoms with Crippen LogP contribution in [-0.2, 0) is 14.3 Å². The van der Waals surface area contributed by atoms with E-state index in [-0.39, 0.29) is 13.2 Å². The molecule has 0 fully saturated rings. The summed E-state index contributed by atoms with van der Waals surface area (Å²) in [7, 11) is -1.78. The minimum atomic E-state index is -3.44. The van der Waals surface area contributed by atoms with Crippen LogP contribution in [0.15, 0.2) is 66.7 Å². The fraction of sp³-hybridized carbons (Fsp3) is 0.160. The van der Waals surface area contributed by atoms with E-state index in [1.165, 1.54) is 0 Å². The Kier molecular flexibility index (Phi) is 7.08. The molecule has 0 saturated heterocycles. The van der Waals surface area contributed by atoms with Crippen LogP contribution in [0, 0.1) is 0 Å². The van der Waals surface area contributed by atoms with Gasteiger partial charge in [0.25, 0.3) is 10.1 Å². The third-order valence-corrected chi connectivity index (χ3v) is 6.41. The molecule has 0 spiro atoms. The van der Waals surface area contributed by atoms with Crippen LogP contribution in [0.4, 0.5) is 0 Å². The Morgan fingerprint density at radius 2 is 1.52 bits per heavy atom. The normalized spacial score (nSPS) is 11.8. The van der Waals surface area contributed by atoms with Crippen molar-refractivity contribution in [3.63, 3.8) is 0 Å². The van der Waals surface area contributed by atoms with Crippen LogP contribution >= 0.6 is 11.3 Å². The summed E-state index contributed by atoms with van der Waals surface area (Å²) in [5, 5.41) is 0.978. The molecule has 8 heteroatoms. The molecular weight excluding hydrogens is 458 g/mol. The fourth-order valence-corrected chi connectivity index (χ4v) is 4.48. The molecule has 6 nitrogen and oxygen atoms in total. The maximum atomic E-state index is 10.9. The van der Waals surface area contributed by atoms with E-state index >= 15 is 0 Å². The van der Waals surface area contributed by atoms with Gasteiger partial charge in [-0.15, -0.1) is 11.3 Å². The Morgan fingerprint density at radius 1 is 0.879 bits per heavy atom. The molecule has 0 saturated carbocycles. The van der Waals surface area contributed by atoms with Gasteiger partial charge < -0.3 is 9.47 Å². The van der Waals surface area contributed by atoms with Crippen LogP contribution in [0.2, 0.25) is 0 Å². The van der Waals surface area contributed by atoms with Gasteiger partial charge in [0.1, 0.15) is 29.7 Å². The Labute approximate surface area is 197 Å². The molecule has 0 aliphatic rings. The number of methoxy groups -OCH3 is 1. The number of fused-ring (bicyclic) bond motifs is 1. The number of ether oxygens (including phenoxy) is 2. The molecule has 4 aromatic rings. The van der Waals surface area contributed by atoms with Gasteiger partial charge in [-0.25, -0.2) is 4.98 Å². The highest BCUT2D eigenvalue weighted by Gasteiger charge is 2.07. The van der Waals surface area contributed by atoms with Crippen LogP contribution in [0.3, 0.4) is 0 Å². The van der Waals surface area contributed by atoms with Crippen molar-refractivity contribution in [3.05, 3.63) is 77.9 Å². The molecule has 0 amide bonds.